The molecular formula is C18H31NO2. The first-order valence-corrected chi connectivity index (χ1v) is 8.16. The Hall–Kier alpha value is -1.22. The van der Waals surface area contributed by atoms with Crippen LogP contribution in [0, 0.1) is 5.92 Å². The van der Waals surface area contributed by atoms with E-state index in [-0.39, 0.29) is 0 Å². The van der Waals surface area contributed by atoms with Crippen LogP contribution in [0.25, 0.3) is 0 Å². The molecule has 1 rings (SSSR count). The van der Waals surface area contributed by atoms with E-state index in [0.29, 0.717) is 12.0 Å². The summed E-state index contributed by atoms with van der Waals surface area (Å²) in [4.78, 5) is 0. The van der Waals surface area contributed by atoms with E-state index in [9.17, 15) is 0 Å². The van der Waals surface area contributed by atoms with E-state index in [1.807, 2.05) is 12.1 Å². The lowest BCUT2D eigenvalue weighted by Crippen LogP contribution is -2.28. The van der Waals surface area contributed by atoms with Gasteiger partial charge in [0.1, 0.15) is 11.5 Å². The standard InChI is InChI=1S/C18H31NO2/c1-6-9-10-14(7-2)18(19-8-3)16-12-11-15(20-4)13-17(16)21-5/h11-14,18-19H,6-10H2,1-5H3. The van der Waals surface area contributed by atoms with Crippen molar-refractivity contribution in [1.82, 2.24) is 5.32 Å². The van der Waals surface area contributed by atoms with Gasteiger partial charge >= 0.3 is 0 Å². The van der Waals surface area contributed by atoms with Crippen LogP contribution in [0.3, 0.4) is 0 Å². The highest BCUT2D eigenvalue weighted by Crippen LogP contribution is 2.36. The second kappa shape index (κ2) is 9.67. The summed E-state index contributed by atoms with van der Waals surface area (Å²) >= 11 is 0. The number of rotatable bonds is 10. The maximum atomic E-state index is 5.59. The van der Waals surface area contributed by atoms with Crippen molar-refractivity contribution in [1.29, 1.82) is 0 Å². The van der Waals surface area contributed by atoms with Crippen LogP contribution in [-0.2, 0) is 0 Å². The number of methoxy groups -OCH3 is 2. The van der Waals surface area contributed by atoms with E-state index in [4.69, 9.17) is 9.47 Å². The van der Waals surface area contributed by atoms with Crippen molar-refractivity contribution in [2.75, 3.05) is 20.8 Å². The number of unbranched alkanes of at least 4 members (excludes halogenated alkanes) is 1. The highest BCUT2D eigenvalue weighted by atomic mass is 16.5. The third-order valence-electron chi connectivity index (χ3n) is 4.12. The Bertz CT molecular complexity index is 406. The zero-order valence-electron chi connectivity index (χ0n) is 14.2. The van der Waals surface area contributed by atoms with E-state index in [1.165, 1.54) is 31.2 Å². The highest BCUT2D eigenvalue weighted by molar-refractivity contribution is 5.42. The molecule has 1 N–H and O–H groups in total. The molecule has 0 aromatic heterocycles. The molecule has 0 heterocycles. The van der Waals surface area contributed by atoms with Gasteiger partial charge in [-0.1, -0.05) is 46.1 Å². The molecule has 2 unspecified atom stereocenters. The average Bonchev–Trinajstić information content (AvgIpc) is 2.53. The fourth-order valence-electron chi connectivity index (χ4n) is 2.90. The maximum absolute atomic E-state index is 5.59. The Labute approximate surface area is 130 Å². The molecule has 0 saturated heterocycles. The zero-order valence-corrected chi connectivity index (χ0v) is 14.2. The van der Waals surface area contributed by atoms with E-state index in [1.54, 1.807) is 14.2 Å². The van der Waals surface area contributed by atoms with Gasteiger partial charge in [0.15, 0.2) is 0 Å². The summed E-state index contributed by atoms with van der Waals surface area (Å²) in [5, 5.41) is 3.65. The number of ether oxygens (including phenoxy) is 2. The van der Waals surface area contributed by atoms with Gasteiger partial charge in [0.05, 0.1) is 14.2 Å². The molecule has 0 aliphatic rings. The van der Waals surface area contributed by atoms with Crippen LogP contribution in [0.5, 0.6) is 11.5 Å². The molecule has 0 bridgehead atoms. The van der Waals surface area contributed by atoms with Crippen molar-refractivity contribution in [2.24, 2.45) is 5.92 Å². The SMILES string of the molecule is CCCCC(CC)C(NCC)c1ccc(OC)cc1OC. The molecule has 0 aliphatic heterocycles. The minimum atomic E-state index is 0.340. The molecule has 0 fully saturated rings. The lowest BCUT2D eigenvalue weighted by atomic mass is 9.86. The summed E-state index contributed by atoms with van der Waals surface area (Å²) in [5.41, 5.74) is 1.24. The Morgan fingerprint density at radius 1 is 1.10 bits per heavy atom. The van der Waals surface area contributed by atoms with Crippen molar-refractivity contribution >= 4 is 0 Å². The van der Waals surface area contributed by atoms with Gasteiger partial charge in [0.2, 0.25) is 0 Å². The van der Waals surface area contributed by atoms with Crippen LogP contribution in [-0.4, -0.2) is 20.8 Å². The summed E-state index contributed by atoms with van der Waals surface area (Å²) in [6.07, 6.45) is 4.95. The molecule has 0 saturated carbocycles. The Kier molecular flexibility index (Phi) is 8.21. The van der Waals surface area contributed by atoms with Gasteiger partial charge in [0, 0.05) is 17.7 Å². The lowest BCUT2D eigenvalue weighted by molar-refractivity contribution is 0.314. The van der Waals surface area contributed by atoms with Gasteiger partial charge in [-0.15, -0.1) is 0 Å². The summed E-state index contributed by atoms with van der Waals surface area (Å²) in [6, 6.07) is 6.48. The lowest BCUT2D eigenvalue weighted by Gasteiger charge is -2.29. The van der Waals surface area contributed by atoms with Gasteiger partial charge in [-0.3, -0.25) is 0 Å². The zero-order chi connectivity index (χ0) is 15.7. The largest absolute Gasteiger partial charge is 0.497 e. The van der Waals surface area contributed by atoms with Crippen LogP contribution in [0.15, 0.2) is 18.2 Å². The van der Waals surface area contributed by atoms with Crippen molar-refractivity contribution in [3.05, 3.63) is 23.8 Å². The minimum Gasteiger partial charge on any atom is -0.497 e. The number of hydrogen-bond acceptors (Lipinski definition) is 3. The molecule has 3 heteroatoms. The first-order valence-electron chi connectivity index (χ1n) is 8.16. The van der Waals surface area contributed by atoms with Crippen LogP contribution < -0.4 is 14.8 Å². The van der Waals surface area contributed by atoms with Gasteiger partial charge in [-0.25, -0.2) is 0 Å². The maximum Gasteiger partial charge on any atom is 0.127 e. The smallest absolute Gasteiger partial charge is 0.127 e. The molecule has 21 heavy (non-hydrogen) atoms. The van der Waals surface area contributed by atoms with Crippen molar-refractivity contribution in [3.63, 3.8) is 0 Å². The van der Waals surface area contributed by atoms with E-state index in [2.05, 4.69) is 32.2 Å². The minimum absolute atomic E-state index is 0.340. The molecule has 0 amide bonds. The predicted molar refractivity (Wildman–Crippen MR) is 89.3 cm³/mol. The molecule has 2 atom stereocenters. The molecule has 1 aromatic rings. The third kappa shape index (κ3) is 4.92. The molecular weight excluding hydrogens is 262 g/mol. The predicted octanol–water partition coefficient (Wildman–Crippen LogP) is 4.57. The van der Waals surface area contributed by atoms with Crippen LogP contribution in [0.1, 0.15) is 58.1 Å². The molecule has 3 nitrogen and oxygen atoms in total. The molecule has 0 radical (unpaired) electrons. The second-order valence-corrected chi connectivity index (χ2v) is 5.45. The third-order valence-corrected chi connectivity index (χ3v) is 4.12. The van der Waals surface area contributed by atoms with Gasteiger partial charge in [-0.2, -0.15) is 0 Å². The summed E-state index contributed by atoms with van der Waals surface area (Å²) in [6.45, 7) is 7.65. The summed E-state index contributed by atoms with van der Waals surface area (Å²) in [5.74, 6) is 2.38. The van der Waals surface area contributed by atoms with Gasteiger partial charge in [0.25, 0.3) is 0 Å². The quantitative estimate of drug-likeness (QED) is 0.685. The highest BCUT2D eigenvalue weighted by Gasteiger charge is 2.23. The fraction of sp³-hybridized carbons (Fsp3) is 0.667. The van der Waals surface area contributed by atoms with Crippen molar-refractivity contribution in [2.45, 2.75) is 52.5 Å². The van der Waals surface area contributed by atoms with Gasteiger partial charge < -0.3 is 14.8 Å². The molecule has 0 aliphatic carbocycles. The number of benzene rings is 1. The topological polar surface area (TPSA) is 30.5 Å². The van der Waals surface area contributed by atoms with Crippen molar-refractivity contribution in [3.8, 4) is 11.5 Å². The van der Waals surface area contributed by atoms with Gasteiger partial charge in [-0.05, 0) is 24.9 Å². The molecule has 1 aromatic carbocycles. The molecule has 0 spiro atoms. The normalized spacial score (nSPS) is 13.8. The van der Waals surface area contributed by atoms with E-state index < -0.39 is 0 Å². The fourth-order valence-corrected chi connectivity index (χ4v) is 2.90. The van der Waals surface area contributed by atoms with Crippen molar-refractivity contribution < 1.29 is 9.47 Å². The first-order chi connectivity index (χ1) is 10.2. The Morgan fingerprint density at radius 2 is 1.86 bits per heavy atom. The summed E-state index contributed by atoms with van der Waals surface area (Å²) in [7, 11) is 3.42. The number of nitrogens with one attached hydrogen (secondary N) is 1. The average molecular weight is 293 g/mol. The Balaban J connectivity index is 3.07. The van der Waals surface area contributed by atoms with E-state index >= 15 is 0 Å². The Morgan fingerprint density at radius 3 is 2.38 bits per heavy atom. The van der Waals surface area contributed by atoms with Crippen LogP contribution >= 0.6 is 0 Å². The van der Waals surface area contributed by atoms with E-state index in [0.717, 1.165) is 18.0 Å². The van der Waals surface area contributed by atoms with Crippen LogP contribution in [0.2, 0.25) is 0 Å². The van der Waals surface area contributed by atoms with Crippen LogP contribution in [0.4, 0.5) is 0 Å². The molecule has 120 valence electrons. The summed E-state index contributed by atoms with van der Waals surface area (Å²) < 4.78 is 10.9. The first kappa shape index (κ1) is 17.8. The monoisotopic (exact) mass is 293 g/mol. The second-order valence-electron chi connectivity index (χ2n) is 5.45. The number of hydrogen-bond donors (Lipinski definition) is 1.